The molecule has 0 fully saturated rings. The number of halogens is 1. The van der Waals surface area contributed by atoms with Gasteiger partial charge in [-0.05, 0) is 36.4 Å². The van der Waals surface area contributed by atoms with Gasteiger partial charge in [0.1, 0.15) is 5.82 Å². The van der Waals surface area contributed by atoms with E-state index in [1.807, 2.05) is 37.5 Å². The highest BCUT2D eigenvalue weighted by Gasteiger charge is 2.16. The molecule has 0 bridgehead atoms. The van der Waals surface area contributed by atoms with Crippen LogP contribution >= 0.6 is 0 Å². The van der Waals surface area contributed by atoms with Crippen LogP contribution < -0.4 is 0 Å². The van der Waals surface area contributed by atoms with E-state index in [2.05, 4.69) is 15.1 Å². The van der Waals surface area contributed by atoms with Gasteiger partial charge in [-0.1, -0.05) is 12.1 Å². The Balaban J connectivity index is 1.68. The lowest BCUT2D eigenvalue weighted by Gasteiger charge is -2.12. The molecule has 0 spiro atoms. The summed E-state index contributed by atoms with van der Waals surface area (Å²) in [5.41, 5.74) is 4.90. The molecule has 1 aromatic carbocycles. The number of hydrogen-bond acceptors (Lipinski definition) is 5. The van der Waals surface area contributed by atoms with Gasteiger partial charge in [0.15, 0.2) is 5.65 Å². The molecule has 5 heterocycles. The van der Waals surface area contributed by atoms with E-state index in [1.54, 1.807) is 53.9 Å². The van der Waals surface area contributed by atoms with Crippen LogP contribution in [0.3, 0.4) is 0 Å². The highest BCUT2D eigenvalue weighted by Crippen LogP contribution is 2.36. The van der Waals surface area contributed by atoms with E-state index < -0.39 is 0 Å². The van der Waals surface area contributed by atoms with E-state index in [0.717, 1.165) is 38.5 Å². The smallest absolute Gasteiger partial charge is 0.160 e. The molecule has 0 aliphatic rings. The number of pyridine rings is 4. The van der Waals surface area contributed by atoms with E-state index in [4.69, 9.17) is 9.97 Å². The van der Waals surface area contributed by atoms with E-state index in [0.29, 0.717) is 16.9 Å². The van der Waals surface area contributed by atoms with Gasteiger partial charge in [0.05, 0.1) is 17.6 Å². The van der Waals surface area contributed by atoms with Crippen LogP contribution in [0.5, 0.6) is 0 Å². The third-order valence-corrected chi connectivity index (χ3v) is 5.67. The number of aryl methyl sites for hydroxylation is 1. The summed E-state index contributed by atoms with van der Waals surface area (Å²) in [5.74, 6) is -0.336. The molecule has 33 heavy (non-hydrogen) atoms. The van der Waals surface area contributed by atoms with Crippen molar-refractivity contribution >= 4 is 21.8 Å². The Morgan fingerprint density at radius 3 is 2.58 bits per heavy atom. The molecular weight excluding hydrogens is 415 g/mol. The summed E-state index contributed by atoms with van der Waals surface area (Å²) in [4.78, 5) is 18.3. The summed E-state index contributed by atoms with van der Waals surface area (Å²) in [6.07, 6.45) is 10.8. The first kappa shape index (κ1) is 19.2. The number of aromatic nitrogens is 6. The van der Waals surface area contributed by atoms with Gasteiger partial charge >= 0.3 is 0 Å². The molecule has 0 atom stereocenters. The number of fused-ring (bicyclic) bond motifs is 2. The Labute approximate surface area is 188 Å². The molecule has 0 N–H and O–H groups in total. The second-order valence-corrected chi connectivity index (χ2v) is 7.79. The fourth-order valence-corrected chi connectivity index (χ4v) is 4.07. The molecule has 158 valence electrons. The first-order chi connectivity index (χ1) is 16.2. The minimum atomic E-state index is -0.336. The van der Waals surface area contributed by atoms with Gasteiger partial charge in [-0.25, -0.2) is 14.4 Å². The Bertz CT molecular complexity index is 1650. The van der Waals surface area contributed by atoms with Crippen LogP contribution in [0.2, 0.25) is 0 Å². The molecule has 0 aliphatic heterocycles. The number of benzene rings is 1. The van der Waals surface area contributed by atoms with Gasteiger partial charge in [-0.15, -0.1) is 0 Å². The molecule has 0 unspecified atom stereocenters. The molecule has 6 rings (SSSR count). The fourth-order valence-electron chi connectivity index (χ4n) is 4.07. The zero-order valence-electron chi connectivity index (χ0n) is 17.6. The Morgan fingerprint density at radius 2 is 1.73 bits per heavy atom. The highest BCUT2D eigenvalue weighted by molar-refractivity contribution is 6.03. The van der Waals surface area contributed by atoms with Crippen molar-refractivity contribution in [3.8, 4) is 33.6 Å². The normalized spacial score (nSPS) is 11.3. The van der Waals surface area contributed by atoms with E-state index >= 15 is 0 Å². The molecule has 0 radical (unpaired) electrons. The number of hydrogen-bond donors (Lipinski definition) is 0. The summed E-state index contributed by atoms with van der Waals surface area (Å²) >= 11 is 0. The minimum absolute atomic E-state index is 0.336. The highest BCUT2D eigenvalue weighted by atomic mass is 19.1. The van der Waals surface area contributed by atoms with Crippen molar-refractivity contribution < 1.29 is 4.39 Å². The second-order valence-electron chi connectivity index (χ2n) is 7.79. The molecular formula is C26H17FN6. The molecule has 0 aliphatic carbocycles. The van der Waals surface area contributed by atoms with Crippen molar-refractivity contribution in [2.75, 3.05) is 0 Å². The Kier molecular flexibility index (Phi) is 4.40. The van der Waals surface area contributed by atoms with E-state index in [-0.39, 0.29) is 5.82 Å². The summed E-state index contributed by atoms with van der Waals surface area (Å²) in [6, 6.07) is 14.4. The maximum atomic E-state index is 14.7. The summed E-state index contributed by atoms with van der Waals surface area (Å²) in [6.45, 7) is 0. The van der Waals surface area contributed by atoms with Crippen molar-refractivity contribution in [3.05, 3.63) is 91.5 Å². The van der Waals surface area contributed by atoms with Crippen LogP contribution in [-0.2, 0) is 7.05 Å². The SMILES string of the molecule is Cn1cc(-c2cnc3nc(-c4ccccc4F)cc(-c4nccc5cnccc45)c3c2)cn1. The standard InChI is InChI=1S/C26H17FN6/c1-33-15-18(14-31-33)17-10-22-21(25-19-7-8-28-12-16(19)6-9-29-25)11-24(32-26(22)30-13-17)20-4-2-3-5-23(20)27/h2-15H,1H3. The minimum Gasteiger partial charge on any atom is -0.275 e. The van der Waals surface area contributed by atoms with Gasteiger partial charge in [0.25, 0.3) is 0 Å². The van der Waals surface area contributed by atoms with Crippen molar-refractivity contribution in [2.24, 2.45) is 7.05 Å². The fraction of sp³-hybridized carbons (Fsp3) is 0.0385. The zero-order valence-corrected chi connectivity index (χ0v) is 17.6. The Morgan fingerprint density at radius 1 is 0.818 bits per heavy atom. The van der Waals surface area contributed by atoms with Crippen LogP contribution in [0.1, 0.15) is 0 Å². The molecule has 0 saturated heterocycles. The summed E-state index contributed by atoms with van der Waals surface area (Å²) in [7, 11) is 1.87. The summed E-state index contributed by atoms with van der Waals surface area (Å²) in [5, 5.41) is 7.02. The Hall–Kier alpha value is -4.52. The van der Waals surface area contributed by atoms with Crippen molar-refractivity contribution in [1.29, 1.82) is 0 Å². The zero-order chi connectivity index (χ0) is 22.4. The average molecular weight is 432 g/mol. The quantitative estimate of drug-likeness (QED) is 0.372. The molecule has 0 amide bonds. The summed E-state index contributed by atoms with van der Waals surface area (Å²) < 4.78 is 16.4. The van der Waals surface area contributed by atoms with Gasteiger partial charge in [-0.3, -0.25) is 14.6 Å². The van der Waals surface area contributed by atoms with Crippen LogP contribution in [0.4, 0.5) is 4.39 Å². The lowest BCUT2D eigenvalue weighted by Crippen LogP contribution is -1.96. The molecule has 0 saturated carbocycles. The molecule has 5 aromatic heterocycles. The van der Waals surface area contributed by atoms with Gasteiger partial charge < -0.3 is 0 Å². The number of nitrogens with zero attached hydrogens (tertiary/aromatic N) is 6. The van der Waals surface area contributed by atoms with Crippen molar-refractivity contribution in [1.82, 2.24) is 29.7 Å². The van der Waals surface area contributed by atoms with E-state index in [9.17, 15) is 4.39 Å². The van der Waals surface area contributed by atoms with Crippen LogP contribution in [0, 0.1) is 5.82 Å². The third-order valence-electron chi connectivity index (χ3n) is 5.67. The molecule has 6 aromatic rings. The predicted octanol–water partition coefficient (Wildman–Crippen LogP) is 5.45. The first-order valence-corrected chi connectivity index (χ1v) is 10.4. The molecule has 6 nitrogen and oxygen atoms in total. The maximum Gasteiger partial charge on any atom is 0.160 e. The maximum absolute atomic E-state index is 14.7. The first-order valence-electron chi connectivity index (χ1n) is 10.4. The number of rotatable bonds is 3. The van der Waals surface area contributed by atoms with Crippen molar-refractivity contribution in [2.45, 2.75) is 0 Å². The van der Waals surface area contributed by atoms with Crippen LogP contribution in [0.15, 0.2) is 85.7 Å². The lowest BCUT2D eigenvalue weighted by molar-refractivity contribution is 0.631. The topological polar surface area (TPSA) is 69.4 Å². The van der Waals surface area contributed by atoms with Gasteiger partial charge in [0, 0.05) is 76.4 Å². The molecule has 7 heteroatoms. The monoisotopic (exact) mass is 432 g/mol. The van der Waals surface area contributed by atoms with Gasteiger partial charge in [0.2, 0.25) is 0 Å². The average Bonchev–Trinajstić information content (AvgIpc) is 3.29. The van der Waals surface area contributed by atoms with Crippen LogP contribution in [0.25, 0.3) is 55.4 Å². The van der Waals surface area contributed by atoms with Crippen LogP contribution in [-0.4, -0.2) is 29.7 Å². The van der Waals surface area contributed by atoms with Crippen molar-refractivity contribution in [3.63, 3.8) is 0 Å². The predicted molar refractivity (Wildman–Crippen MR) is 126 cm³/mol. The largest absolute Gasteiger partial charge is 0.275 e. The second kappa shape index (κ2) is 7.56. The van der Waals surface area contributed by atoms with Gasteiger partial charge in [-0.2, -0.15) is 5.10 Å². The third kappa shape index (κ3) is 3.30. The lowest BCUT2D eigenvalue weighted by atomic mass is 9.98. The van der Waals surface area contributed by atoms with E-state index in [1.165, 1.54) is 6.07 Å².